The molecule has 0 N–H and O–H groups in total. The highest BCUT2D eigenvalue weighted by atomic mass is 35.5. The lowest BCUT2D eigenvalue weighted by atomic mass is 10.1. The van der Waals surface area contributed by atoms with Crippen LogP contribution in [0.15, 0.2) is 42.5 Å². The normalized spacial score (nSPS) is 18.2. The fraction of sp³-hybridized carbons (Fsp3) is 0.348. The third-order valence-corrected chi connectivity index (χ3v) is 6.51. The summed E-state index contributed by atoms with van der Waals surface area (Å²) in [5, 5.41) is 0.137. The Labute approximate surface area is 207 Å². The van der Waals surface area contributed by atoms with Gasteiger partial charge in [0.05, 0.1) is 24.5 Å². The highest BCUT2D eigenvalue weighted by Gasteiger charge is 2.34. The van der Waals surface area contributed by atoms with Gasteiger partial charge in [-0.2, -0.15) is 0 Å². The summed E-state index contributed by atoms with van der Waals surface area (Å²) in [6.45, 7) is 2.28. The molecule has 8 nitrogen and oxygen atoms in total. The molecule has 0 spiro atoms. The number of carbonyl (C=O) groups excluding carboxylic acids is 3. The standard InChI is InChI=1S/C23H24ClFN4O4S/c1-26(23(32)34)13-18-14-29(22(31)33-18)17-6-7-20(19(25)12-17)27-8-10-28(11-9-27)21(30)15-2-4-16(24)5-3-15/h2-7,12,18H,8-11,13-14H2,1H3,(H,32,34)/t18-/m1/s1. The van der Waals surface area contributed by atoms with Crippen molar-refractivity contribution in [2.45, 2.75) is 6.10 Å². The zero-order valence-electron chi connectivity index (χ0n) is 18.5. The second-order valence-electron chi connectivity index (χ2n) is 8.20. The van der Waals surface area contributed by atoms with Crippen LogP contribution in [-0.2, 0) is 4.74 Å². The van der Waals surface area contributed by atoms with E-state index >= 15 is 4.39 Å². The smallest absolute Gasteiger partial charge is 0.414 e. The van der Waals surface area contributed by atoms with Crippen LogP contribution in [0.1, 0.15) is 10.4 Å². The van der Waals surface area contributed by atoms with Crippen LogP contribution in [0, 0.1) is 5.82 Å². The Hall–Kier alpha value is -2.98. The van der Waals surface area contributed by atoms with Crippen LogP contribution in [0.25, 0.3) is 0 Å². The zero-order valence-corrected chi connectivity index (χ0v) is 20.1. The van der Waals surface area contributed by atoms with Crippen LogP contribution >= 0.6 is 24.2 Å². The van der Waals surface area contributed by atoms with Crippen molar-refractivity contribution < 1.29 is 23.5 Å². The van der Waals surface area contributed by atoms with Gasteiger partial charge in [0.2, 0.25) is 0 Å². The van der Waals surface area contributed by atoms with Gasteiger partial charge in [0.15, 0.2) is 0 Å². The molecule has 0 bridgehead atoms. The molecule has 180 valence electrons. The summed E-state index contributed by atoms with van der Waals surface area (Å²) >= 11 is 9.64. The molecule has 3 amide bonds. The van der Waals surface area contributed by atoms with Gasteiger partial charge in [-0.15, -0.1) is 0 Å². The van der Waals surface area contributed by atoms with E-state index in [1.807, 2.05) is 4.90 Å². The molecule has 0 radical (unpaired) electrons. The van der Waals surface area contributed by atoms with Gasteiger partial charge in [-0.05, 0) is 42.5 Å². The molecule has 2 heterocycles. The van der Waals surface area contributed by atoms with Crippen molar-refractivity contribution in [3.63, 3.8) is 0 Å². The molecule has 1 atom stereocenters. The lowest BCUT2D eigenvalue weighted by Crippen LogP contribution is -2.49. The first-order chi connectivity index (χ1) is 16.2. The van der Waals surface area contributed by atoms with Gasteiger partial charge in [-0.3, -0.25) is 14.5 Å². The molecule has 2 aliphatic heterocycles. The minimum atomic E-state index is -0.591. The molecule has 0 aromatic heterocycles. The summed E-state index contributed by atoms with van der Waals surface area (Å²) in [5.41, 5.74) is 1.35. The number of ether oxygens (including phenoxy) is 1. The van der Waals surface area contributed by atoms with Gasteiger partial charge in [-0.1, -0.05) is 24.2 Å². The third kappa shape index (κ3) is 5.23. The van der Waals surface area contributed by atoms with Gasteiger partial charge in [-0.25, -0.2) is 9.18 Å². The molecule has 34 heavy (non-hydrogen) atoms. The van der Waals surface area contributed by atoms with Crippen LogP contribution in [0.3, 0.4) is 0 Å². The van der Waals surface area contributed by atoms with Crippen molar-refractivity contribution in [3.8, 4) is 0 Å². The maximum Gasteiger partial charge on any atom is 0.414 e. The average molecular weight is 507 g/mol. The van der Waals surface area contributed by atoms with Crippen molar-refractivity contribution in [2.24, 2.45) is 0 Å². The van der Waals surface area contributed by atoms with Crippen molar-refractivity contribution in [1.29, 1.82) is 0 Å². The number of benzene rings is 2. The van der Waals surface area contributed by atoms with Crippen LogP contribution < -0.4 is 9.80 Å². The summed E-state index contributed by atoms with van der Waals surface area (Å²) in [7, 11) is 1.56. The topological polar surface area (TPSA) is 73.4 Å². The zero-order chi connectivity index (χ0) is 24.4. The number of hydrogen-bond donors (Lipinski definition) is 1. The van der Waals surface area contributed by atoms with Gasteiger partial charge in [0, 0.05) is 43.8 Å². The SMILES string of the molecule is CN(C[C@@H]1CN(c2ccc(N3CCN(C(=O)c4ccc(Cl)cc4)CC3)c(F)c2)C(=O)O1)C(=O)S. The van der Waals surface area contributed by atoms with Crippen molar-refractivity contribution in [3.05, 3.63) is 58.9 Å². The second-order valence-corrected chi connectivity index (χ2v) is 9.02. The average Bonchev–Trinajstić information content (AvgIpc) is 3.19. The van der Waals surface area contributed by atoms with Crippen LogP contribution in [0.4, 0.5) is 25.4 Å². The summed E-state index contributed by atoms with van der Waals surface area (Å²) in [6.07, 6.45) is -1.12. The molecule has 11 heteroatoms. The number of likely N-dealkylation sites (N-methyl/N-ethyl adjacent to an activating group) is 1. The van der Waals surface area contributed by atoms with E-state index in [4.69, 9.17) is 16.3 Å². The number of rotatable bonds is 5. The number of amides is 3. The number of cyclic esters (lactones) is 1. The van der Waals surface area contributed by atoms with E-state index in [9.17, 15) is 14.4 Å². The first kappa shape index (κ1) is 24.2. The van der Waals surface area contributed by atoms with E-state index in [1.54, 1.807) is 48.3 Å². The fourth-order valence-electron chi connectivity index (χ4n) is 4.06. The van der Waals surface area contributed by atoms with Crippen LogP contribution in [-0.4, -0.2) is 79.5 Å². The van der Waals surface area contributed by atoms with Crippen LogP contribution in [0.2, 0.25) is 5.02 Å². The lowest BCUT2D eigenvalue weighted by molar-refractivity contribution is 0.0746. The number of nitrogens with zero attached hydrogens (tertiary/aromatic N) is 4. The first-order valence-corrected chi connectivity index (χ1v) is 11.6. The van der Waals surface area contributed by atoms with E-state index in [-0.39, 0.29) is 19.0 Å². The maximum atomic E-state index is 15.0. The van der Waals surface area contributed by atoms with Gasteiger partial charge in [0.25, 0.3) is 11.1 Å². The Morgan fingerprint density at radius 2 is 1.82 bits per heavy atom. The van der Waals surface area contributed by atoms with E-state index < -0.39 is 23.3 Å². The predicted molar refractivity (Wildman–Crippen MR) is 131 cm³/mol. The highest BCUT2D eigenvalue weighted by molar-refractivity contribution is 7.96. The van der Waals surface area contributed by atoms with Crippen molar-refractivity contribution in [1.82, 2.24) is 9.80 Å². The van der Waals surface area contributed by atoms with Crippen molar-refractivity contribution in [2.75, 3.05) is 56.1 Å². The first-order valence-electron chi connectivity index (χ1n) is 10.7. The quantitative estimate of drug-likeness (QED) is 0.625. The molecule has 2 aromatic carbocycles. The molecule has 0 unspecified atom stereocenters. The van der Waals surface area contributed by atoms with E-state index in [2.05, 4.69) is 12.6 Å². The summed E-state index contributed by atoms with van der Waals surface area (Å²) < 4.78 is 20.3. The summed E-state index contributed by atoms with van der Waals surface area (Å²) in [6, 6.07) is 11.3. The van der Waals surface area contributed by atoms with E-state index in [0.29, 0.717) is 48.1 Å². The number of halogens is 2. The maximum absolute atomic E-state index is 15.0. The molecule has 2 saturated heterocycles. The predicted octanol–water partition coefficient (Wildman–Crippen LogP) is 3.75. The largest absolute Gasteiger partial charge is 0.442 e. The van der Waals surface area contributed by atoms with Gasteiger partial charge < -0.3 is 19.4 Å². The number of anilines is 2. The molecule has 2 aromatic rings. The Morgan fingerprint density at radius 3 is 2.44 bits per heavy atom. The molecule has 0 saturated carbocycles. The molecular formula is C23H24ClFN4O4S. The number of hydrogen-bond acceptors (Lipinski definition) is 5. The molecule has 4 rings (SSSR count). The molecular weight excluding hydrogens is 483 g/mol. The minimum absolute atomic E-state index is 0.0838. The van der Waals surface area contributed by atoms with Gasteiger partial charge in [0.1, 0.15) is 11.9 Å². The molecule has 2 fully saturated rings. The lowest BCUT2D eigenvalue weighted by Gasteiger charge is -2.36. The van der Waals surface area contributed by atoms with E-state index in [0.717, 1.165) is 0 Å². The number of carbonyl (C=O) groups is 3. The Balaban J connectivity index is 1.37. The summed E-state index contributed by atoms with van der Waals surface area (Å²) in [4.78, 5) is 42.6. The van der Waals surface area contributed by atoms with Crippen LogP contribution in [0.5, 0.6) is 0 Å². The monoisotopic (exact) mass is 506 g/mol. The third-order valence-electron chi connectivity index (χ3n) is 5.92. The van der Waals surface area contributed by atoms with Gasteiger partial charge >= 0.3 is 6.09 Å². The molecule has 0 aliphatic carbocycles. The second kappa shape index (κ2) is 10.1. The molecule has 2 aliphatic rings. The fourth-order valence-corrected chi connectivity index (χ4v) is 4.26. The number of thiol groups is 1. The Morgan fingerprint density at radius 1 is 1.15 bits per heavy atom. The summed E-state index contributed by atoms with van der Waals surface area (Å²) in [5.74, 6) is -0.548. The Kier molecular flexibility index (Phi) is 7.18. The Bertz CT molecular complexity index is 1090. The van der Waals surface area contributed by atoms with E-state index in [1.165, 1.54) is 15.9 Å². The number of piperazine rings is 1. The highest BCUT2D eigenvalue weighted by Crippen LogP contribution is 2.29. The minimum Gasteiger partial charge on any atom is -0.442 e. The van der Waals surface area contributed by atoms with Crippen molar-refractivity contribution >= 4 is 52.8 Å².